The minimum Gasteiger partial charge on any atom is -0.547 e. The van der Waals surface area contributed by atoms with Gasteiger partial charge in [0.25, 0.3) is 0 Å². The normalized spacial score (nSPS) is 12.6. The van der Waals surface area contributed by atoms with E-state index in [2.05, 4.69) is 0 Å². The van der Waals surface area contributed by atoms with Gasteiger partial charge in [0.2, 0.25) is 0 Å². The number of aliphatic carboxylic acids is 4. The van der Waals surface area contributed by atoms with Gasteiger partial charge in [-0.25, -0.2) is 0 Å². The fraction of sp³-hybridized carbons (Fsp3) is 0.667. The van der Waals surface area contributed by atoms with Crippen LogP contribution in [0.3, 0.4) is 0 Å². The summed E-state index contributed by atoms with van der Waals surface area (Å²) in [7, 11) is 0. The molecule has 4 unspecified atom stereocenters. The average Bonchev–Trinajstić information content (AvgIpc) is 2.40. The van der Waals surface area contributed by atoms with Crippen LogP contribution in [0.5, 0.6) is 0 Å². The first-order chi connectivity index (χ1) is 10.6. The molecule has 0 saturated carbocycles. The second-order valence-electron chi connectivity index (χ2n) is 3.98. The van der Waals surface area contributed by atoms with Gasteiger partial charge in [0.05, 0.1) is 48.3 Å². The van der Waals surface area contributed by atoms with Gasteiger partial charge in [-0.1, -0.05) is 0 Å². The molecule has 0 heterocycles. The zero-order valence-corrected chi connectivity index (χ0v) is 18.1. The zero-order chi connectivity index (χ0) is 20.6. The molecule has 147 valence electrons. The van der Waals surface area contributed by atoms with Crippen molar-refractivity contribution in [3.8, 4) is 0 Å². The summed E-state index contributed by atoms with van der Waals surface area (Å²) in [6.07, 6.45) is -5.37. The summed E-state index contributed by atoms with van der Waals surface area (Å²) in [4.78, 5) is 37.4. The third kappa shape index (κ3) is 49.5. The second kappa shape index (κ2) is 24.1. The topological polar surface area (TPSA) is 241 Å². The van der Waals surface area contributed by atoms with Crippen LogP contribution < -0.4 is 20.4 Å². The Morgan fingerprint density at radius 3 is 0.577 bits per heavy atom. The summed E-state index contributed by atoms with van der Waals surface area (Å²) in [5.41, 5.74) is 0. The molecule has 0 aliphatic rings. The molecular weight excluding hydrogens is 454 g/mol. The molecular formula is C12H20AlO12Zr. The van der Waals surface area contributed by atoms with Crippen LogP contribution >= 0.6 is 0 Å². The Bertz CT molecular complexity index is 312. The van der Waals surface area contributed by atoms with Gasteiger partial charge in [0.1, 0.15) is 0 Å². The molecule has 4 atom stereocenters. The Hall–Kier alpha value is -0.864. The van der Waals surface area contributed by atoms with E-state index in [1.54, 1.807) is 0 Å². The summed E-state index contributed by atoms with van der Waals surface area (Å²) in [5.74, 6) is -5.74. The van der Waals surface area contributed by atoms with Crippen LogP contribution in [0.2, 0.25) is 0 Å². The van der Waals surface area contributed by atoms with E-state index in [0.717, 1.165) is 27.7 Å². The van der Waals surface area contributed by atoms with Crippen LogP contribution in [-0.4, -0.2) is 86.1 Å². The van der Waals surface area contributed by atoms with E-state index < -0.39 is 48.3 Å². The monoisotopic (exact) mass is 473 g/mol. The van der Waals surface area contributed by atoms with Crippen molar-refractivity contribution in [1.29, 1.82) is 0 Å². The molecule has 0 rings (SSSR count). The fourth-order valence-corrected chi connectivity index (χ4v) is 0. The SMILES string of the molecule is CC(O)C(=O)[O-].CC(O)C(=O)[O-].CC(O)C(=O)[O-].CC(O)C(=O)[O-].[Al].[Zr+4]. The zero-order valence-electron chi connectivity index (χ0n) is 14.4. The van der Waals surface area contributed by atoms with E-state index in [9.17, 15) is 39.6 Å². The standard InChI is InChI=1S/4C3H6O3.Al.Zr/c4*1-2(4)3(5)6;;/h4*2,4H,1H3,(H,5,6);;/q;;;;;+4/p-4. The first-order valence-corrected chi connectivity index (χ1v) is 6.13. The van der Waals surface area contributed by atoms with Crippen molar-refractivity contribution in [3.05, 3.63) is 0 Å². The van der Waals surface area contributed by atoms with Gasteiger partial charge < -0.3 is 60.0 Å². The molecule has 0 saturated heterocycles. The van der Waals surface area contributed by atoms with Crippen LogP contribution in [0, 0.1) is 0 Å². The molecule has 4 N–H and O–H groups in total. The van der Waals surface area contributed by atoms with Crippen molar-refractivity contribution >= 4 is 41.2 Å². The molecule has 0 fully saturated rings. The number of hydrogen-bond acceptors (Lipinski definition) is 12. The molecule has 0 aliphatic heterocycles. The molecule has 12 nitrogen and oxygen atoms in total. The predicted octanol–water partition coefficient (Wildman–Crippen LogP) is -7.91. The van der Waals surface area contributed by atoms with Crippen molar-refractivity contribution in [2.45, 2.75) is 52.1 Å². The Morgan fingerprint density at radius 1 is 0.538 bits per heavy atom. The molecule has 0 aromatic rings. The smallest absolute Gasteiger partial charge is 0.547 e. The van der Waals surface area contributed by atoms with E-state index in [1.165, 1.54) is 0 Å². The predicted molar refractivity (Wildman–Crippen MR) is 72.5 cm³/mol. The molecule has 0 spiro atoms. The van der Waals surface area contributed by atoms with E-state index in [-0.39, 0.29) is 43.6 Å². The fourth-order valence-electron chi connectivity index (χ4n) is 0. The summed E-state index contributed by atoms with van der Waals surface area (Å²) in [6.45, 7) is 4.54. The summed E-state index contributed by atoms with van der Waals surface area (Å²) in [5, 5.41) is 69.2. The maximum Gasteiger partial charge on any atom is 4.00 e. The van der Waals surface area contributed by atoms with Gasteiger partial charge in [0, 0.05) is 17.4 Å². The Kier molecular flexibility index (Phi) is 37.1. The maximum atomic E-state index is 9.34. The molecule has 0 amide bonds. The third-order valence-corrected chi connectivity index (χ3v) is 1.36. The van der Waals surface area contributed by atoms with Crippen LogP contribution in [0.15, 0.2) is 0 Å². The summed E-state index contributed by atoms with van der Waals surface area (Å²) >= 11 is 0. The van der Waals surface area contributed by atoms with Gasteiger partial charge >= 0.3 is 26.2 Å². The summed E-state index contributed by atoms with van der Waals surface area (Å²) in [6, 6.07) is 0. The number of carboxylic acid groups (broad SMARTS) is 4. The van der Waals surface area contributed by atoms with Crippen LogP contribution in [0.1, 0.15) is 27.7 Å². The van der Waals surface area contributed by atoms with E-state index in [0.29, 0.717) is 0 Å². The number of carbonyl (C=O) groups excluding carboxylic acids is 4. The Labute approximate surface area is 179 Å². The minimum atomic E-state index is -1.44. The molecule has 3 radical (unpaired) electrons. The first kappa shape index (κ1) is 40.0. The van der Waals surface area contributed by atoms with Crippen LogP contribution in [0.25, 0.3) is 0 Å². The number of aliphatic hydroxyl groups is 4. The van der Waals surface area contributed by atoms with Crippen molar-refractivity contribution in [3.63, 3.8) is 0 Å². The Balaban J connectivity index is -0.0000000500. The molecule has 0 bridgehead atoms. The average molecular weight is 474 g/mol. The third-order valence-electron chi connectivity index (χ3n) is 1.36. The molecule has 0 aromatic heterocycles. The number of carboxylic acids is 4. The van der Waals surface area contributed by atoms with E-state index in [4.69, 9.17) is 20.4 Å². The number of rotatable bonds is 4. The largest absolute Gasteiger partial charge is 4.00 e. The van der Waals surface area contributed by atoms with Crippen LogP contribution in [0.4, 0.5) is 0 Å². The van der Waals surface area contributed by atoms with Gasteiger partial charge in [-0.3, -0.25) is 0 Å². The van der Waals surface area contributed by atoms with Gasteiger partial charge in [-0.15, -0.1) is 0 Å². The quantitative estimate of drug-likeness (QED) is 0.278. The van der Waals surface area contributed by atoms with Gasteiger partial charge in [-0.2, -0.15) is 0 Å². The number of carbonyl (C=O) groups is 4. The number of hydrogen-bond donors (Lipinski definition) is 4. The maximum absolute atomic E-state index is 9.34. The van der Waals surface area contributed by atoms with Crippen molar-refractivity contribution in [2.24, 2.45) is 0 Å². The molecule has 14 heteroatoms. The summed E-state index contributed by atoms with van der Waals surface area (Å²) < 4.78 is 0. The molecule has 26 heavy (non-hydrogen) atoms. The van der Waals surface area contributed by atoms with Crippen molar-refractivity contribution in [1.82, 2.24) is 0 Å². The van der Waals surface area contributed by atoms with Crippen LogP contribution in [-0.2, 0) is 45.4 Å². The van der Waals surface area contributed by atoms with Crippen molar-refractivity contribution < 1.29 is 86.2 Å². The molecule has 0 aromatic carbocycles. The Morgan fingerprint density at radius 2 is 0.577 bits per heavy atom. The van der Waals surface area contributed by atoms with Gasteiger partial charge in [0.15, 0.2) is 0 Å². The van der Waals surface area contributed by atoms with Gasteiger partial charge in [-0.05, 0) is 27.7 Å². The van der Waals surface area contributed by atoms with Crippen molar-refractivity contribution in [2.75, 3.05) is 0 Å². The minimum absolute atomic E-state index is 0. The van der Waals surface area contributed by atoms with E-state index in [1.807, 2.05) is 0 Å². The number of aliphatic hydroxyl groups excluding tert-OH is 4. The van der Waals surface area contributed by atoms with E-state index >= 15 is 0 Å². The second-order valence-corrected chi connectivity index (χ2v) is 3.98. The molecule has 0 aliphatic carbocycles. The first-order valence-electron chi connectivity index (χ1n) is 6.13.